The lowest BCUT2D eigenvalue weighted by Crippen LogP contribution is -2.41. The zero-order valence-electron chi connectivity index (χ0n) is 13.7. The second-order valence-corrected chi connectivity index (χ2v) is 7.09. The summed E-state index contributed by atoms with van der Waals surface area (Å²) in [6.45, 7) is 1.46. The third kappa shape index (κ3) is 2.86. The van der Waals surface area contributed by atoms with E-state index in [1.807, 2.05) is 18.2 Å². The first-order valence-electron chi connectivity index (χ1n) is 8.74. The summed E-state index contributed by atoms with van der Waals surface area (Å²) in [7, 11) is 0. The first-order valence-corrected chi connectivity index (χ1v) is 8.74. The van der Waals surface area contributed by atoms with Crippen molar-refractivity contribution in [3.63, 3.8) is 0 Å². The molecule has 24 heavy (non-hydrogen) atoms. The molecule has 0 unspecified atom stereocenters. The molecule has 2 heterocycles. The van der Waals surface area contributed by atoms with Gasteiger partial charge in [0, 0.05) is 36.4 Å². The predicted octanol–water partition coefficient (Wildman–Crippen LogP) is 2.65. The number of anilines is 2. The van der Waals surface area contributed by atoms with Gasteiger partial charge in [-0.05, 0) is 43.4 Å². The fourth-order valence-corrected chi connectivity index (χ4v) is 4.23. The van der Waals surface area contributed by atoms with Crippen molar-refractivity contribution in [2.45, 2.75) is 44.6 Å². The highest BCUT2D eigenvalue weighted by Crippen LogP contribution is 2.46. The van der Waals surface area contributed by atoms with Gasteiger partial charge < -0.3 is 20.7 Å². The van der Waals surface area contributed by atoms with Crippen molar-refractivity contribution >= 4 is 23.3 Å². The van der Waals surface area contributed by atoms with Crippen LogP contribution in [0.4, 0.5) is 16.2 Å². The lowest BCUT2D eigenvalue weighted by atomic mass is 9.83. The van der Waals surface area contributed by atoms with Crippen LogP contribution in [0.1, 0.15) is 37.7 Å². The van der Waals surface area contributed by atoms with Gasteiger partial charge in [-0.2, -0.15) is 0 Å². The van der Waals surface area contributed by atoms with Crippen LogP contribution in [0.25, 0.3) is 0 Å². The van der Waals surface area contributed by atoms with Gasteiger partial charge in [0.05, 0.1) is 6.10 Å². The molecule has 0 aromatic heterocycles. The zero-order valence-corrected chi connectivity index (χ0v) is 13.7. The van der Waals surface area contributed by atoms with E-state index in [1.165, 1.54) is 6.42 Å². The van der Waals surface area contributed by atoms with Crippen molar-refractivity contribution in [2.75, 3.05) is 23.8 Å². The van der Waals surface area contributed by atoms with Crippen molar-refractivity contribution in [1.82, 2.24) is 5.32 Å². The normalized spacial score (nSPS) is 28.0. The quantitative estimate of drug-likeness (QED) is 0.797. The molecule has 1 aromatic rings. The first kappa shape index (κ1) is 15.4. The number of hydrogen-bond donors (Lipinski definition) is 3. The van der Waals surface area contributed by atoms with E-state index in [9.17, 15) is 9.59 Å². The largest absolute Gasteiger partial charge is 0.378 e. The Hall–Kier alpha value is -2.08. The van der Waals surface area contributed by atoms with Gasteiger partial charge in [0.25, 0.3) is 0 Å². The summed E-state index contributed by atoms with van der Waals surface area (Å²) in [5, 5.41) is 8.72. The Morgan fingerprint density at radius 1 is 1.33 bits per heavy atom. The fourth-order valence-electron chi connectivity index (χ4n) is 4.23. The summed E-state index contributed by atoms with van der Waals surface area (Å²) >= 11 is 0. The molecule has 0 bridgehead atoms. The third-order valence-electron chi connectivity index (χ3n) is 5.61. The molecule has 1 saturated carbocycles. The third-order valence-corrected chi connectivity index (χ3v) is 5.61. The number of ether oxygens (including phenoxy) is 1. The maximum Gasteiger partial charge on any atom is 0.319 e. The minimum atomic E-state index is -0.205. The second-order valence-electron chi connectivity index (χ2n) is 7.09. The Balaban J connectivity index is 1.36. The van der Waals surface area contributed by atoms with Crippen molar-refractivity contribution in [2.24, 2.45) is 5.41 Å². The summed E-state index contributed by atoms with van der Waals surface area (Å²) in [6, 6.07) is 5.46. The maximum absolute atomic E-state index is 12.2. The molecule has 6 heteroatoms. The van der Waals surface area contributed by atoms with Gasteiger partial charge in [-0.25, -0.2) is 4.79 Å². The molecule has 1 saturated heterocycles. The number of hydrogen-bond acceptors (Lipinski definition) is 3. The molecule has 2 aliphatic heterocycles. The van der Waals surface area contributed by atoms with Crippen LogP contribution in [0.15, 0.2) is 18.2 Å². The highest BCUT2D eigenvalue weighted by atomic mass is 16.5. The summed E-state index contributed by atoms with van der Waals surface area (Å²) in [5.74, 6) is 0.0247. The van der Waals surface area contributed by atoms with Crippen LogP contribution < -0.4 is 16.0 Å². The minimum absolute atomic E-state index is 0.0247. The molecule has 4 rings (SSSR count). The smallest absolute Gasteiger partial charge is 0.319 e. The lowest BCUT2D eigenvalue weighted by Gasteiger charge is -2.27. The van der Waals surface area contributed by atoms with Gasteiger partial charge in [0.2, 0.25) is 5.91 Å². The highest BCUT2D eigenvalue weighted by Gasteiger charge is 2.47. The topological polar surface area (TPSA) is 79.5 Å². The van der Waals surface area contributed by atoms with Gasteiger partial charge in [0.1, 0.15) is 0 Å². The molecular weight excluding hydrogens is 306 g/mol. The average Bonchev–Trinajstić information content (AvgIpc) is 3.12. The van der Waals surface area contributed by atoms with Crippen LogP contribution in [0, 0.1) is 5.41 Å². The Kier molecular flexibility index (Phi) is 3.92. The van der Waals surface area contributed by atoms with Gasteiger partial charge in [-0.1, -0.05) is 12.5 Å². The molecular formula is C18H23N3O3. The minimum Gasteiger partial charge on any atom is -0.378 e. The van der Waals surface area contributed by atoms with E-state index in [2.05, 4.69) is 16.0 Å². The molecule has 128 valence electrons. The van der Waals surface area contributed by atoms with E-state index >= 15 is 0 Å². The number of aryl methyl sites for hydroxylation is 1. The molecule has 3 amide bonds. The lowest BCUT2D eigenvalue weighted by molar-refractivity contribution is -0.116. The number of carbonyl (C=O) groups excluding carboxylic acids is 2. The fraction of sp³-hybridized carbons (Fsp3) is 0.556. The highest BCUT2D eigenvalue weighted by molar-refractivity contribution is 5.96. The molecule has 0 radical (unpaired) electrons. The van der Waals surface area contributed by atoms with Crippen LogP contribution in [-0.2, 0) is 16.0 Å². The van der Waals surface area contributed by atoms with Gasteiger partial charge >= 0.3 is 6.03 Å². The summed E-state index contributed by atoms with van der Waals surface area (Å²) < 4.78 is 5.79. The van der Waals surface area contributed by atoms with Crippen molar-refractivity contribution in [3.8, 4) is 0 Å². The van der Waals surface area contributed by atoms with Crippen molar-refractivity contribution in [3.05, 3.63) is 23.8 Å². The maximum atomic E-state index is 12.2. The van der Waals surface area contributed by atoms with E-state index in [0.29, 0.717) is 24.8 Å². The Morgan fingerprint density at radius 3 is 3.17 bits per heavy atom. The Labute approximate surface area is 141 Å². The molecule has 3 aliphatic rings. The number of benzene rings is 1. The summed E-state index contributed by atoms with van der Waals surface area (Å²) in [6.07, 6.45) is 6.01. The number of nitrogens with one attached hydrogen (secondary N) is 3. The van der Waals surface area contributed by atoms with E-state index in [0.717, 1.165) is 43.5 Å². The Bertz CT molecular complexity index is 663. The second kappa shape index (κ2) is 6.09. The summed E-state index contributed by atoms with van der Waals surface area (Å²) in [4.78, 5) is 23.7. The number of amides is 3. The van der Waals surface area contributed by atoms with Crippen LogP contribution in [0.3, 0.4) is 0 Å². The van der Waals surface area contributed by atoms with E-state index in [1.54, 1.807) is 0 Å². The number of rotatable bonds is 3. The standard InChI is InChI=1S/C18H23N3O3/c22-16-6-4-12-3-5-13(10-14(12)21-16)20-17(23)19-11-18-7-1-2-15(18)24-9-8-18/h3,5,10,15H,1-2,4,6-9,11H2,(H,21,22)(H2,19,20,23)/t15-,18-/m1/s1. The number of fused-ring (bicyclic) bond motifs is 2. The molecule has 3 N–H and O–H groups in total. The molecule has 1 aromatic carbocycles. The predicted molar refractivity (Wildman–Crippen MR) is 91.1 cm³/mol. The SMILES string of the molecule is O=C1CCc2ccc(NC(=O)NC[C@]34CCC[C@H]3OCC4)cc2N1. The van der Waals surface area contributed by atoms with E-state index < -0.39 is 0 Å². The van der Waals surface area contributed by atoms with Crippen molar-refractivity contribution in [1.29, 1.82) is 0 Å². The molecule has 0 spiro atoms. The number of carbonyl (C=O) groups is 2. The van der Waals surface area contributed by atoms with Gasteiger partial charge in [0.15, 0.2) is 0 Å². The van der Waals surface area contributed by atoms with Crippen molar-refractivity contribution < 1.29 is 14.3 Å². The van der Waals surface area contributed by atoms with Crippen LogP contribution >= 0.6 is 0 Å². The summed E-state index contributed by atoms with van der Waals surface area (Å²) in [5.41, 5.74) is 2.72. The monoisotopic (exact) mass is 329 g/mol. The van der Waals surface area contributed by atoms with Gasteiger partial charge in [-0.15, -0.1) is 0 Å². The Morgan fingerprint density at radius 2 is 2.25 bits per heavy atom. The molecule has 1 aliphatic carbocycles. The van der Waals surface area contributed by atoms with Crippen LogP contribution in [0.2, 0.25) is 0 Å². The number of urea groups is 1. The zero-order chi connectivity index (χ0) is 16.6. The van der Waals surface area contributed by atoms with Crippen LogP contribution in [-0.4, -0.2) is 31.2 Å². The van der Waals surface area contributed by atoms with E-state index in [4.69, 9.17) is 4.74 Å². The van der Waals surface area contributed by atoms with Gasteiger partial charge in [-0.3, -0.25) is 4.79 Å². The molecule has 2 atom stereocenters. The first-order chi connectivity index (χ1) is 11.6. The molecule has 6 nitrogen and oxygen atoms in total. The van der Waals surface area contributed by atoms with E-state index in [-0.39, 0.29) is 17.4 Å². The van der Waals surface area contributed by atoms with Crippen LogP contribution in [0.5, 0.6) is 0 Å². The molecule has 2 fully saturated rings. The average molecular weight is 329 g/mol.